The van der Waals surface area contributed by atoms with Crippen LogP contribution in [0, 0.1) is 5.92 Å². The van der Waals surface area contributed by atoms with E-state index in [9.17, 15) is 9.59 Å². The molecule has 0 atom stereocenters. The molecule has 1 saturated carbocycles. The van der Waals surface area contributed by atoms with Crippen molar-refractivity contribution in [3.05, 3.63) is 0 Å². The molecule has 0 aromatic rings. The van der Waals surface area contributed by atoms with Gasteiger partial charge in [0.1, 0.15) is 5.78 Å². The van der Waals surface area contributed by atoms with Crippen molar-refractivity contribution in [2.24, 2.45) is 5.92 Å². The van der Waals surface area contributed by atoms with E-state index >= 15 is 0 Å². The number of methoxy groups -OCH3 is 1. The Hall–Kier alpha value is -0.860. The number of hydrogen-bond donors (Lipinski definition) is 0. The van der Waals surface area contributed by atoms with Crippen molar-refractivity contribution >= 4 is 11.8 Å². The normalized spacial score (nSPS) is 19.9. The number of Topliss-reactive ketones (excluding diaryl/α,β-unsaturated/α-hetero) is 1. The summed E-state index contributed by atoms with van der Waals surface area (Å²) in [5.74, 6) is 0.0698. The molecule has 0 saturated heterocycles. The van der Waals surface area contributed by atoms with Crippen LogP contribution in [0.25, 0.3) is 0 Å². The van der Waals surface area contributed by atoms with E-state index < -0.39 is 0 Å². The molecule has 1 rings (SSSR count). The molecule has 1 aliphatic rings. The maximum atomic E-state index is 10.9. The Labute approximate surface area is 65.7 Å². The summed E-state index contributed by atoms with van der Waals surface area (Å²) >= 11 is 0. The molecule has 0 unspecified atom stereocenters. The first-order valence-electron chi connectivity index (χ1n) is 3.83. The Balaban J connectivity index is 2.39. The average Bonchev–Trinajstić information content (AvgIpc) is 2.05. The predicted molar refractivity (Wildman–Crippen MR) is 39.0 cm³/mol. The second-order valence-corrected chi connectivity index (χ2v) is 2.84. The molecule has 0 aliphatic heterocycles. The van der Waals surface area contributed by atoms with Crippen molar-refractivity contribution in [1.82, 2.24) is 0 Å². The third-order valence-corrected chi connectivity index (χ3v) is 2.08. The summed E-state index contributed by atoms with van der Waals surface area (Å²) in [6.45, 7) is 0. The molecule has 0 N–H and O–H groups in total. The first-order valence-corrected chi connectivity index (χ1v) is 3.83. The maximum absolute atomic E-state index is 10.9. The van der Waals surface area contributed by atoms with Crippen molar-refractivity contribution in [2.45, 2.75) is 25.7 Å². The van der Waals surface area contributed by atoms with Gasteiger partial charge in [-0.2, -0.15) is 0 Å². The van der Waals surface area contributed by atoms with E-state index in [1.807, 2.05) is 0 Å². The fourth-order valence-electron chi connectivity index (χ4n) is 1.34. The average molecular weight is 156 g/mol. The highest BCUT2D eigenvalue weighted by atomic mass is 16.5. The largest absolute Gasteiger partial charge is 0.469 e. The molecular weight excluding hydrogens is 144 g/mol. The number of ether oxygens (including phenoxy) is 1. The maximum Gasteiger partial charge on any atom is 0.308 e. The standard InChI is InChI=1S/C8H12O3/c1-11-8(10)6-2-4-7(9)5-3-6/h6H,2-5H2,1H3. The quantitative estimate of drug-likeness (QED) is 0.530. The van der Waals surface area contributed by atoms with Gasteiger partial charge in [-0.25, -0.2) is 0 Å². The molecule has 0 spiro atoms. The minimum absolute atomic E-state index is 0.0299. The van der Waals surface area contributed by atoms with Gasteiger partial charge in [0, 0.05) is 12.8 Å². The van der Waals surface area contributed by atoms with Crippen LogP contribution in [0.2, 0.25) is 0 Å². The Kier molecular flexibility index (Phi) is 2.63. The molecule has 0 bridgehead atoms. The van der Waals surface area contributed by atoms with Gasteiger partial charge in [0.05, 0.1) is 13.0 Å². The zero-order valence-electron chi connectivity index (χ0n) is 6.63. The van der Waals surface area contributed by atoms with Crippen LogP contribution in [-0.4, -0.2) is 18.9 Å². The van der Waals surface area contributed by atoms with Crippen LogP contribution in [-0.2, 0) is 14.3 Å². The minimum atomic E-state index is -0.169. The number of rotatable bonds is 1. The third-order valence-electron chi connectivity index (χ3n) is 2.08. The van der Waals surface area contributed by atoms with Gasteiger partial charge in [0.15, 0.2) is 0 Å². The zero-order valence-corrected chi connectivity index (χ0v) is 6.63. The van der Waals surface area contributed by atoms with Crippen molar-refractivity contribution < 1.29 is 14.3 Å². The fraction of sp³-hybridized carbons (Fsp3) is 0.750. The van der Waals surface area contributed by atoms with Crippen molar-refractivity contribution in [3.8, 4) is 0 Å². The summed E-state index contributed by atoms with van der Waals surface area (Å²) in [7, 11) is 1.39. The molecule has 0 heterocycles. The van der Waals surface area contributed by atoms with Crippen molar-refractivity contribution in [3.63, 3.8) is 0 Å². The van der Waals surface area contributed by atoms with E-state index in [1.54, 1.807) is 0 Å². The van der Waals surface area contributed by atoms with E-state index in [4.69, 9.17) is 0 Å². The van der Waals surface area contributed by atoms with Crippen LogP contribution in [0.1, 0.15) is 25.7 Å². The highest BCUT2D eigenvalue weighted by molar-refractivity contribution is 5.82. The van der Waals surface area contributed by atoms with Crippen LogP contribution in [0.15, 0.2) is 0 Å². The lowest BCUT2D eigenvalue weighted by atomic mass is 9.89. The number of carbonyl (C=O) groups excluding carboxylic acids is 2. The monoisotopic (exact) mass is 156 g/mol. The molecule has 3 nitrogen and oxygen atoms in total. The van der Waals surface area contributed by atoms with Gasteiger partial charge in [-0.3, -0.25) is 9.59 Å². The Morgan fingerprint density at radius 3 is 2.45 bits per heavy atom. The molecule has 0 aromatic carbocycles. The second-order valence-electron chi connectivity index (χ2n) is 2.84. The summed E-state index contributed by atoms with van der Waals surface area (Å²) < 4.78 is 4.57. The smallest absolute Gasteiger partial charge is 0.308 e. The van der Waals surface area contributed by atoms with E-state index in [0.29, 0.717) is 25.7 Å². The third kappa shape index (κ3) is 2.03. The molecule has 0 amide bonds. The molecule has 1 fully saturated rings. The van der Waals surface area contributed by atoms with Crippen LogP contribution < -0.4 is 0 Å². The van der Waals surface area contributed by atoms with E-state index in [2.05, 4.69) is 4.74 Å². The number of hydrogen-bond acceptors (Lipinski definition) is 3. The van der Waals surface area contributed by atoms with Gasteiger partial charge in [-0.1, -0.05) is 0 Å². The molecule has 3 heteroatoms. The van der Waals surface area contributed by atoms with Crippen LogP contribution in [0.5, 0.6) is 0 Å². The van der Waals surface area contributed by atoms with Crippen molar-refractivity contribution in [2.75, 3.05) is 7.11 Å². The molecule has 0 radical (unpaired) electrons. The first kappa shape index (κ1) is 8.24. The second kappa shape index (κ2) is 3.51. The number of carbonyl (C=O) groups is 2. The number of esters is 1. The van der Waals surface area contributed by atoms with Crippen molar-refractivity contribution in [1.29, 1.82) is 0 Å². The Bertz CT molecular complexity index is 164. The summed E-state index contributed by atoms with van der Waals surface area (Å²) in [4.78, 5) is 21.7. The van der Waals surface area contributed by atoms with Gasteiger partial charge in [-0.05, 0) is 12.8 Å². The highest BCUT2D eigenvalue weighted by Gasteiger charge is 2.24. The first-order chi connectivity index (χ1) is 5.24. The van der Waals surface area contributed by atoms with Crippen LogP contribution in [0.3, 0.4) is 0 Å². The van der Waals surface area contributed by atoms with Crippen LogP contribution in [0.4, 0.5) is 0 Å². The summed E-state index contributed by atoms with van der Waals surface area (Å²) in [6.07, 6.45) is 2.43. The summed E-state index contributed by atoms with van der Waals surface area (Å²) in [5.41, 5.74) is 0. The highest BCUT2D eigenvalue weighted by Crippen LogP contribution is 2.22. The van der Waals surface area contributed by atoms with Gasteiger partial charge in [-0.15, -0.1) is 0 Å². The minimum Gasteiger partial charge on any atom is -0.469 e. The van der Waals surface area contributed by atoms with E-state index in [1.165, 1.54) is 7.11 Å². The molecule has 1 aliphatic carbocycles. The topological polar surface area (TPSA) is 43.4 Å². The fourth-order valence-corrected chi connectivity index (χ4v) is 1.34. The Morgan fingerprint density at radius 2 is 2.00 bits per heavy atom. The molecule has 62 valence electrons. The molecule has 0 aromatic heterocycles. The van der Waals surface area contributed by atoms with Gasteiger partial charge >= 0.3 is 5.97 Å². The van der Waals surface area contributed by atoms with E-state index in [0.717, 1.165) is 0 Å². The zero-order chi connectivity index (χ0) is 8.27. The van der Waals surface area contributed by atoms with Gasteiger partial charge in [0.25, 0.3) is 0 Å². The lowest BCUT2D eigenvalue weighted by Gasteiger charge is -2.17. The lowest BCUT2D eigenvalue weighted by molar-refractivity contribution is -0.147. The van der Waals surface area contributed by atoms with E-state index in [-0.39, 0.29) is 17.7 Å². The van der Waals surface area contributed by atoms with Gasteiger partial charge < -0.3 is 4.74 Å². The lowest BCUT2D eigenvalue weighted by Crippen LogP contribution is -2.22. The molecular formula is C8H12O3. The predicted octanol–water partition coefficient (Wildman–Crippen LogP) is 0.919. The number of ketones is 1. The van der Waals surface area contributed by atoms with Gasteiger partial charge in [0.2, 0.25) is 0 Å². The van der Waals surface area contributed by atoms with Crippen LogP contribution >= 0.6 is 0 Å². The SMILES string of the molecule is COC(=O)C1CCC(=O)CC1. The summed E-state index contributed by atoms with van der Waals surface area (Å²) in [6, 6.07) is 0. The Morgan fingerprint density at radius 1 is 1.45 bits per heavy atom. The molecule has 11 heavy (non-hydrogen) atoms. The summed E-state index contributed by atoms with van der Waals surface area (Å²) in [5, 5.41) is 0.